The zero-order valence-corrected chi connectivity index (χ0v) is 16.0. The molecule has 28 heavy (non-hydrogen) atoms. The molecule has 1 aromatic heterocycles. The van der Waals surface area contributed by atoms with Crippen molar-refractivity contribution in [1.82, 2.24) is 14.8 Å². The van der Waals surface area contributed by atoms with Crippen LogP contribution in [0, 0.1) is 0 Å². The van der Waals surface area contributed by atoms with Gasteiger partial charge in [-0.3, -0.25) is 0 Å². The quantitative estimate of drug-likeness (QED) is 0.798. The van der Waals surface area contributed by atoms with Crippen LogP contribution in [0.2, 0.25) is 0 Å². The van der Waals surface area contributed by atoms with Crippen LogP contribution in [0.5, 0.6) is 11.5 Å². The first-order valence-corrected chi connectivity index (χ1v) is 9.02. The molecule has 1 atom stereocenters. The second-order valence-corrected chi connectivity index (χ2v) is 6.54. The van der Waals surface area contributed by atoms with E-state index in [9.17, 15) is 4.79 Å². The Kier molecular flexibility index (Phi) is 4.91. The van der Waals surface area contributed by atoms with Gasteiger partial charge in [-0.2, -0.15) is 10.1 Å². The molecule has 3 heterocycles. The molecule has 0 amide bonds. The summed E-state index contributed by atoms with van der Waals surface area (Å²) in [6.45, 7) is 3.27. The van der Waals surface area contributed by atoms with E-state index in [0.717, 1.165) is 12.0 Å². The largest absolute Gasteiger partial charge is 0.490 e. The smallest absolute Gasteiger partial charge is 0.338 e. The number of anilines is 1. The summed E-state index contributed by atoms with van der Waals surface area (Å²) in [6.07, 6.45) is 0.817. The molecule has 0 radical (unpaired) electrons. The molecule has 0 saturated heterocycles. The Balaban J connectivity index is 1.84. The lowest BCUT2D eigenvalue weighted by atomic mass is 9.95. The van der Waals surface area contributed by atoms with Crippen LogP contribution in [0.3, 0.4) is 0 Å². The van der Waals surface area contributed by atoms with E-state index in [0.29, 0.717) is 47.8 Å². The van der Waals surface area contributed by atoms with Crippen LogP contribution in [0.25, 0.3) is 0 Å². The van der Waals surface area contributed by atoms with Gasteiger partial charge in [0.05, 0.1) is 25.9 Å². The van der Waals surface area contributed by atoms with Gasteiger partial charge in [0.2, 0.25) is 5.95 Å². The second kappa shape index (κ2) is 7.51. The Bertz CT molecular complexity index is 936. The van der Waals surface area contributed by atoms with E-state index in [1.54, 1.807) is 11.8 Å². The SMILES string of the molecule is COCc1nc2n(n1)C(c1ccc3c(c1)OCCCO3)C(C(=O)OC)=C(C)N2. The van der Waals surface area contributed by atoms with Gasteiger partial charge in [0, 0.05) is 19.2 Å². The van der Waals surface area contributed by atoms with E-state index in [1.165, 1.54) is 7.11 Å². The number of fused-ring (bicyclic) bond motifs is 2. The first-order valence-electron chi connectivity index (χ1n) is 9.02. The number of hydrogen-bond donors (Lipinski definition) is 1. The third-order valence-corrected chi connectivity index (χ3v) is 4.66. The zero-order valence-electron chi connectivity index (χ0n) is 16.0. The molecule has 0 fully saturated rings. The van der Waals surface area contributed by atoms with Gasteiger partial charge in [0.25, 0.3) is 0 Å². The summed E-state index contributed by atoms with van der Waals surface area (Å²) in [4.78, 5) is 17.0. The molecule has 4 rings (SSSR count). The Morgan fingerprint density at radius 3 is 2.82 bits per heavy atom. The number of methoxy groups -OCH3 is 2. The third kappa shape index (κ3) is 3.18. The second-order valence-electron chi connectivity index (χ2n) is 6.54. The maximum atomic E-state index is 12.6. The van der Waals surface area contributed by atoms with Crippen molar-refractivity contribution in [3.63, 3.8) is 0 Å². The monoisotopic (exact) mass is 386 g/mol. The van der Waals surface area contributed by atoms with Crippen LogP contribution in [-0.2, 0) is 20.9 Å². The van der Waals surface area contributed by atoms with Gasteiger partial charge in [0.1, 0.15) is 12.6 Å². The number of allylic oxidation sites excluding steroid dienone is 1. The molecule has 1 unspecified atom stereocenters. The fraction of sp³-hybridized carbons (Fsp3) is 0.421. The zero-order chi connectivity index (χ0) is 19.7. The summed E-state index contributed by atoms with van der Waals surface area (Å²) in [7, 11) is 2.94. The van der Waals surface area contributed by atoms with E-state index in [4.69, 9.17) is 18.9 Å². The number of hydrogen-bond acceptors (Lipinski definition) is 8. The van der Waals surface area contributed by atoms with Gasteiger partial charge in [-0.25, -0.2) is 9.48 Å². The highest BCUT2D eigenvalue weighted by atomic mass is 16.5. The van der Waals surface area contributed by atoms with Crippen LogP contribution in [-0.4, -0.2) is 48.2 Å². The summed E-state index contributed by atoms with van der Waals surface area (Å²) < 4.78 is 23.4. The van der Waals surface area contributed by atoms with Gasteiger partial charge in [0.15, 0.2) is 17.3 Å². The minimum atomic E-state index is -0.515. The highest BCUT2D eigenvalue weighted by molar-refractivity contribution is 5.92. The van der Waals surface area contributed by atoms with E-state index in [-0.39, 0.29) is 6.61 Å². The molecule has 0 spiro atoms. The predicted molar refractivity (Wildman–Crippen MR) is 99.3 cm³/mol. The number of carbonyl (C=O) groups is 1. The van der Waals surface area contributed by atoms with Crippen molar-refractivity contribution < 1.29 is 23.7 Å². The summed E-state index contributed by atoms with van der Waals surface area (Å²) >= 11 is 0. The van der Waals surface area contributed by atoms with Gasteiger partial charge >= 0.3 is 5.97 Å². The molecule has 1 N–H and O–H groups in total. The highest BCUT2D eigenvalue weighted by Gasteiger charge is 2.35. The van der Waals surface area contributed by atoms with Crippen LogP contribution < -0.4 is 14.8 Å². The van der Waals surface area contributed by atoms with Crippen molar-refractivity contribution in [3.05, 3.63) is 40.9 Å². The van der Waals surface area contributed by atoms with E-state index < -0.39 is 12.0 Å². The molecule has 9 nitrogen and oxygen atoms in total. The van der Waals surface area contributed by atoms with Gasteiger partial charge < -0.3 is 24.3 Å². The summed E-state index contributed by atoms with van der Waals surface area (Å²) in [6, 6.07) is 5.13. The van der Waals surface area contributed by atoms with Crippen LogP contribution >= 0.6 is 0 Å². The summed E-state index contributed by atoms with van der Waals surface area (Å²) in [5.41, 5.74) is 1.94. The lowest BCUT2D eigenvalue weighted by Crippen LogP contribution is -2.29. The van der Waals surface area contributed by atoms with Crippen molar-refractivity contribution in [3.8, 4) is 11.5 Å². The Labute approximate surface area is 162 Å². The van der Waals surface area contributed by atoms with Crippen molar-refractivity contribution in [2.24, 2.45) is 0 Å². The predicted octanol–water partition coefficient (Wildman–Crippen LogP) is 2.05. The third-order valence-electron chi connectivity index (χ3n) is 4.66. The maximum Gasteiger partial charge on any atom is 0.338 e. The van der Waals surface area contributed by atoms with E-state index in [1.807, 2.05) is 25.1 Å². The van der Waals surface area contributed by atoms with Crippen LogP contribution in [0.1, 0.15) is 30.8 Å². The number of nitrogens with one attached hydrogen (secondary N) is 1. The highest BCUT2D eigenvalue weighted by Crippen LogP contribution is 2.39. The van der Waals surface area contributed by atoms with Gasteiger partial charge in [-0.1, -0.05) is 6.07 Å². The summed E-state index contributed by atoms with van der Waals surface area (Å²) in [5, 5.41) is 7.67. The molecule has 148 valence electrons. The molecule has 9 heteroatoms. The number of nitrogens with zero attached hydrogens (tertiary/aromatic N) is 3. The van der Waals surface area contributed by atoms with Gasteiger partial charge in [-0.15, -0.1) is 0 Å². The minimum Gasteiger partial charge on any atom is -0.490 e. The first kappa shape index (κ1) is 18.3. The number of esters is 1. The van der Waals surface area contributed by atoms with Crippen LogP contribution in [0.15, 0.2) is 29.5 Å². The first-order chi connectivity index (χ1) is 13.6. The summed E-state index contributed by atoms with van der Waals surface area (Å²) in [5.74, 6) is 1.96. The number of benzene rings is 1. The fourth-order valence-electron chi connectivity index (χ4n) is 3.42. The Hall–Kier alpha value is -3.07. The minimum absolute atomic E-state index is 0.266. The molecular weight excluding hydrogens is 364 g/mol. The molecule has 2 aliphatic rings. The Morgan fingerprint density at radius 2 is 2.07 bits per heavy atom. The maximum absolute atomic E-state index is 12.6. The molecule has 0 aliphatic carbocycles. The molecular formula is C19H22N4O5. The number of rotatable bonds is 4. The van der Waals surface area contributed by atoms with Crippen molar-refractivity contribution in [2.75, 3.05) is 32.8 Å². The van der Waals surface area contributed by atoms with Crippen molar-refractivity contribution in [2.45, 2.75) is 26.0 Å². The number of carbonyl (C=O) groups excluding carboxylic acids is 1. The Morgan fingerprint density at radius 1 is 1.29 bits per heavy atom. The van der Waals surface area contributed by atoms with Crippen molar-refractivity contribution in [1.29, 1.82) is 0 Å². The molecule has 0 saturated carbocycles. The number of aromatic nitrogens is 3. The normalized spacial score (nSPS) is 18.2. The molecule has 2 aromatic rings. The fourth-order valence-corrected chi connectivity index (χ4v) is 3.42. The average Bonchev–Trinajstić information content (AvgIpc) is 2.93. The molecule has 2 aliphatic heterocycles. The van der Waals surface area contributed by atoms with E-state index >= 15 is 0 Å². The van der Waals surface area contributed by atoms with Crippen LogP contribution in [0.4, 0.5) is 5.95 Å². The standard InChI is InChI=1S/C19H22N4O5/c1-11-16(18(24)26-3)17(23-19(20-11)21-15(22-23)10-25-2)12-5-6-13-14(9-12)28-8-4-7-27-13/h5-6,9,17H,4,7-8,10H2,1-3H3,(H,20,21,22). The average molecular weight is 386 g/mol. The topological polar surface area (TPSA) is 96.7 Å². The molecule has 0 bridgehead atoms. The lowest BCUT2D eigenvalue weighted by Gasteiger charge is -2.28. The van der Waals surface area contributed by atoms with Crippen molar-refractivity contribution >= 4 is 11.9 Å². The molecule has 1 aromatic carbocycles. The number of ether oxygens (including phenoxy) is 4. The van der Waals surface area contributed by atoms with E-state index in [2.05, 4.69) is 15.4 Å². The lowest BCUT2D eigenvalue weighted by molar-refractivity contribution is -0.136. The van der Waals surface area contributed by atoms with Gasteiger partial charge in [-0.05, 0) is 24.6 Å².